The van der Waals surface area contributed by atoms with Gasteiger partial charge < -0.3 is 9.26 Å². The average Bonchev–Trinajstić information content (AvgIpc) is 3.01. The molecule has 0 radical (unpaired) electrons. The van der Waals surface area contributed by atoms with E-state index >= 15 is 0 Å². The smallest absolute Gasteiger partial charge is 0.311 e. The van der Waals surface area contributed by atoms with E-state index in [4.69, 9.17) is 20.9 Å². The molecule has 0 saturated carbocycles. The summed E-state index contributed by atoms with van der Waals surface area (Å²) in [5, 5.41) is 4.56. The van der Waals surface area contributed by atoms with Crippen LogP contribution in [0.5, 0.6) is 5.75 Å². The number of halogens is 1. The van der Waals surface area contributed by atoms with Crippen molar-refractivity contribution in [3.05, 3.63) is 64.5 Å². The largest absolute Gasteiger partial charge is 0.426 e. The maximum absolute atomic E-state index is 12.0. The molecule has 0 N–H and O–H groups in total. The van der Waals surface area contributed by atoms with Crippen LogP contribution in [0.25, 0.3) is 11.4 Å². The van der Waals surface area contributed by atoms with Crippen LogP contribution < -0.4 is 4.74 Å². The highest BCUT2D eigenvalue weighted by Gasteiger charge is 2.12. The van der Waals surface area contributed by atoms with Crippen molar-refractivity contribution in [1.82, 2.24) is 10.1 Å². The summed E-state index contributed by atoms with van der Waals surface area (Å²) in [5.74, 6) is 1.07. The Morgan fingerprint density at radius 2 is 1.80 bits per heavy atom. The fraction of sp³-hybridized carbons (Fsp3) is 0.211. The summed E-state index contributed by atoms with van der Waals surface area (Å²) in [5.41, 5.74) is 2.90. The topological polar surface area (TPSA) is 65.2 Å². The molecule has 2 aromatic carbocycles. The van der Waals surface area contributed by atoms with Gasteiger partial charge in [0.15, 0.2) is 0 Å². The standard InChI is InChI=1S/C19H17ClN2O3/c1-12-9-13(2)11-16(10-12)24-18(23)8-7-17-21-19(22-25-17)14-3-5-15(20)6-4-14/h3-6,9-11H,7-8H2,1-2H3. The van der Waals surface area contributed by atoms with E-state index in [2.05, 4.69) is 10.1 Å². The number of carbonyl (C=O) groups is 1. The zero-order valence-corrected chi connectivity index (χ0v) is 14.7. The van der Waals surface area contributed by atoms with Crippen LogP contribution >= 0.6 is 11.6 Å². The molecular formula is C19H17ClN2O3. The van der Waals surface area contributed by atoms with Crippen molar-refractivity contribution in [3.8, 4) is 17.1 Å². The minimum absolute atomic E-state index is 0.162. The Kier molecular flexibility index (Phi) is 5.14. The lowest BCUT2D eigenvalue weighted by molar-refractivity contribution is -0.134. The molecule has 0 aliphatic carbocycles. The van der Waals surface area contributed by atoms with Crippen LogP contribution in [0.2, 0.25) is 5.02 Å². The third kappa shape index (κ3) is 4.67. The number of rotatable bonds is 5. The van der Waals surface area contributed by atoms with E-state index in [-0.39, 0.29) is 12.4 Å². The van der Waals surface area contributed by atoms with Crippen molar-refractivity contribution in [2.24, 2.45) is 0 Å². The lowest BCUT2D eigenvalue weighted by atomic mass is 10.1. The molecule has 0 bridgehead atoms. The minimum Gasteiger partial charge on any atom is -0.426 e. The molecule has 0 aliphatic heterocycles. The highest BCUT2D eigenvalue weighted by atomic mass is 35.5. The molecule has 0 amide bonds. The van der Waals surface area contributed by atoms with Gasteiger partial charge in [-0.3, -0.25) is 4.79 Å². The Hall–Kier alpha value is -2.66. The first-order chi connectivity index (χ1) is 12.0. The SMILES string of the molecule is Cc1cc(C)cc(OC(=O)CCc2nc(-c3ccc(Cl)cc3)no2)c1. The lowest BCUT2D eigenvalue weighted by Crippen LogP contribution is -2.09. The fourth-order valence-electron chi connectivity index (χ4n) is 2.46. The molecule has 0 unspecified atom stereocenters. The summed E-state index contributed by atoms with van der Waals surface area (Å²) >= 11 is 5.86. The number of nitrogens with zero attached hydrogens (tertiary/aromatic N) is 2. The Morgan fingerprint density at radius 1 is 1.12 bits per heavy atom. The van der Waals surface area contributed by atoms with E-state index in [9.17, 15) is 4.79 Å². The number of esters is 1. The number of aryl methyl sites for hydroxylation is 3. The molecule has 0 atom stereocenters. The number of ether oxygens (including phenoxy) is 1. The summed E-state index contributed by atoms with van der Waals surface area (Å²) in [6, 6.07) is 12.8. The van der Waals surface area contributed by atoms with Crippen LogP contribution in [0.1, 0.15) is 23.4 Å². The number of aromatic nitrogens is 2. The Morgan fingerprint density at radius 3 is 2.48 bits per heavy atom. The van der Waals surface area contributed by atoms with Gasteiger partial charge in [-0.25, -0.2) is 0 Å². The summed E-state index contributed by atoms with van der Waals surface area (Å²) in [6.45, 7) is 3.92. The number of hydrogen-bond donors (Lipinski definition) is 0. The number of carbonyl (C=O) groups excluding carboxylic acids is 1. The van der Waals surface area contributed by atoms with Gasteiger partial charge in [0.25, 0.3) is 0 Å². The van der Waals surface area contributed by atoms with Gasteiger partial charge in [-0.2, -0.15) is 4.98 Å². The molecular weight excluding hydrogens is 340 g/mol. The van der Waals surface area contributed by atoms with Gasteiger partial charge >= 0.3 is 5.97 Å². The molecule has 0 aliphatic rings. The molecule has 25 heavy (non-hydrogen) atoms. The zero-order valence-electron chi connectivity index (χ0n) is 14.0. The fourth-order valence-corrected chi connectivity index (χ4v) is 2.58. The average molecular weight is 357 g/mol. The first kappa shape index (κ1) is 17.2. The van der Waals surface area contributed by atoms with Crippen LogP contribution in [0, 0.1) is 13.8 Å². The monoisotopic (exact) mass is 356 g/mol. The van der Waals surface area contributed by atoms with Gasteiger partial charge in [-0.15, -0.1) is 0 Å². The van der Waals surface area contributed by atoms with Crippen molar-refractivity contribution in [2.75, 3.05) is 0 Å². The van der Waals surface area contributed by atoms with Crippen molar-refractivity contribution in [3.63, 3.8) is 0 Å². The van der Waals surface area contributed by atoms with Crippen molar-refractivity contribution < 1.29 is 14.1 Å². The molecule has 3 aromatic rings. The Bertz CT molecular complexity index is 868. The quantitative estimate of drug-likeness (QED) is 0.496. The van der Waals surface area contributed by atoms with Crippen LogP contribution in [0.3, 0.4) is 0 Å². The highest BCUT2D eigenvalue weighted by Crippen LogP contribution is 2.20. The molecule has 3 rings (SSSR count). The van der Waals surface area contributed by atoms with Gasteiger partial charge in [0, 0.05) is 17.0 Å². The van der Waals surface area contributed by atoms with Gasteiger partial charge in [-0.1, -0.05) is 22.8 Å². The van der Waals surface area contributed by atoms with Crippen LogP contribution in [0.4, 0.5) is 0 Å². The summed E-state index contributed by atoms with van der Waals surface area (Å²) in [7, 11) is 0. The molecule has 0 fully saturated rings. The lowest BCUT2D eigenvalue weighted by Gasteiger charge is -2.05. The molecule has 5 nitrogen and oxygen atoms in total. The van der Waals surface area contributed by atoms with E-state index in [0.717, 1.165) is 16.7 Å². The van der Waals surface area contributed by atoms with Gasteiger partial charge in [0.2, 0.25) is 11.7 Å². The maximum Gasteiger partial charge on any atom is 0.311 e. The van der Waals surface area contributed by atoms with Crippen LogP contribution in [0.15, 0.2) is 47.0 Å². The van der Waals surface area contributed by atoms with Gasteiger partial charge in [-0.05, 0) is 61.4 Å². The second-order valence-corrected chi connectivity index (χ2v) is 6.25. The molecule has 0 spiro atoms. The van der Waals surface area contributed by atoms with E-state index in [1.165, 1.54) is 0 Å². The molecule has 6 heteroatoms. The Labute approximate surface area is 150 Å². The highest BCUT2D eigenvalue weighted by molar-refractivity contribution is 6.30. The van der Waals surface area contributed by atoms with Crippen LogP contribution in [-0.2, 0) is 11.2 Å². The predicted molar refractivity (Wildman–Crippen MR) is 94.6 cm³/mol. The first-order valence-corrected chi connectivity index (χ1v) is 8.25. The Balaban J connectivity index is 1.58. The van der Waals surface area contributed by atoms with Gasteiger partial charge in [0.1, 0.15) is 5.75 Å². The second kappa shape index (κ2) is 7.49. The summed E-state index contributed by atoms with van der Waals surface area (Å²) in [4.78, 5) is 16.3. The summed E-state index contributed by atoms with van der Waals surface area (Å²) < 4.78 is 10.5. The third-order valence-electron chi connectivity index (χ3n) is 3.54. The third-order valence-corrected chi connectivity index (χ3v) is 3.79. The van der Waals surface area contributed by atoms with Crippen molar-refractivity contribution in [1.29, 1.82) is 0 Å². The van der Waals surface area contributed by atoms with Gasteiger partial charge in [0.05, 0.1) is 6.42 Å². The second-order valence-electron chi connectivity index (χ2n) is 5.82. The molecule has 1 heterocycles. The zero-order chi connectivity index (χ0) is 17.8. The normalized spacial score (nSPS) is 10.7. The van der Waals surface area contributed by atoms with E-state index in [0.29, 0.717) is 28.9 Å². The first-order valence-electron chi connectivity index (χ1n) is 7.87. The molecule has 128 valence electrons. The maximum atomic E-state index is 12.0. The van der Waals surface area contributed by atoms with Crippen molar-refractivity contribution in [2.45, 2.75) is 26.7 Å². The summed E-state index contributed by atoms with van der Waals surface area (Å²) in [6.07, 6.45) is 0.486. The molecule has 1 aromatic heterocycles. The van der Waals surface area contributed by atoms with Crippen LogP contribution in [-0.4, -0.2) is 16.1 Å². The minimum atomic E-state index is -0.337. The van der Waals surface area contributed by atoms with E-state index in [1.54, 1.807) is 12.1 Å². The van der Waals surface area contributed by atoms with E-state index < -0.39 is 0 Å². The van der Waals surface area contributed by atoms with E-state index in [1.807, 2.05) is 44.2 Å². The predicted octanol–water partition coefficient (Wildman–Crippen LogP) is 4.55. The van der Waals surface area contributed by atoms with Crippen molar-refractivity contribution >= 4 is 17.6 Å². The number of benzene rings is 2. The number of hydrogen-bond acceptors (Lipinski definition) is 5. The molecule has 0 saturated heterocycles.